The third kappa shape index (κ3) is 2.92. The summed E-state index contributed by atoms with van der Waals surface area (Å²) in [5.74, 6) is 0.863. The van der Waals surface area contributed by atoms with E-state index in [1.807, 2.05) is 25.3 Å². The molecule has 0 unspecified atom stereocenters. The van der Waals surface area contributed by atoms with Gasteiger partial charge in [-0.2, -0.15) is 0 Å². The Labute approximate surface area is 137 Å². The van der Waals surface area contributed by atoms with Crippen LogP contribution in [0.5, 0.6) is 0 Å². The zero-order chi connectivity index (χ0) is 15.8. The van der Waals surface area contributed by atoms with Gasteiger partial charge >= 0.3 is 0 Å². The molecule has 4 heteroatoms. The maximum Gasteiger partial charge on any atom is 0.258 e. The van der Waals surface area contributed by atoms with Crippen molar-refractivity contribution in [3.8, 4) is 0 Å². The number of aromatic nitrogens is 2. The fraction of sp³-hybridized carbons (Fsp3) is 0.579. The summed E-state index contributed by atoms with van der Waals surface area (Å²) >= 11 is 0. The Morgan fingerprint density at radius 1 is 1.17 bits per heavy atom. The molecule has 1 saturated heterocycles. The van der Waals surface area contributed by atoms with Gasteiger partial charge < -0.3 is 0 Å². The van der Waals surface area contributed by atoms with Crippen molar-refractivity contribution in [2.24, 2.45) is 5.92 Å². The van der Waals surface area contributed by atoms with Crippen molar-refractivity contribution in [2.45, 2.75) is 58.0 Å². The molecule has 2 aromatic rings. The minimum atomic E-state index is 0.0332. The quantitative estimate of drug-likeness (QED) is 0.855. The summed E-state index contributed by atoms with van der Waals surface area (Å²) in [6.45, 7) is 3.97. The zero-order valence-corrected chi connectivity index (χ0v) is 13.9. The molecule has 0 bridgehead atoms. The minimum Gasteiger partial charge on any atom is -0.294 e. The summed E-state index contributed by atoms with van der Waals surface area (Å²) in [5, 5.41) is 0. The predicted molar refractivity (Wildman–Crippen MR) is 91.6 cm³/mol. The van der Waals surface area contributed by atoms with Crippen LogP contribution < -0.4 is 5.56 Å². The number of rotatable bonds is 2. The molecule has 0 amide bonds. The molecule has 4 rings (SSSR count). The molecule has 1 aliphatic heterocycles. The maximum atomic E-state index is 12.4. The van der Waals surface area contributed by atoms with E-state index in [9.17, 15) is 4.79 Å². The summed E-state index contributed by atoms with van der Waals surface area (Å²) in [4.78, 5) is 19.7. The van der Waals surface area contributed by atoms with Gasteiger partial charge in [-0.05, 0) is 56.7 Å². The van der Waals surface area contributed by atoms with Crippen LogP contribution in [0.3, 0.4) is 0 Å². The number of pyridine rings is 1. The lowest BCUT2D eigenvalue weighted by Gasteiger charge is -2.44. The van der Waals surface area contributed by atoms with Gasteiger partial charge in [0, 0.05) is 24.8 Å². The van der Waals surface area contributed by atoms with E-state index in [2.05, 4.69) is 4.90 Å². The van der Waals surface area contributed by atoms with Crippen molar-refractivity contribution in [2.75, 3.05) is 6.54 Å². The van der Waals surface area contributed by atoms with E-state index in [1.54, 1.807) is 10.5 Å². The number of piperidine rings is 1. The second-order valence-electron chi connectivity index (χ2n) is 7.24. The highest BCUT2D eigenvalue weighted by Gasteiger charge is 2.33. The molecule has 1 saturated carbocycles. The van der Waals surface area contributed by atoms with E-state index in [-0.39, 0.29) is 5.56 Å². The van der Waals surface area contributed by atoms with Gasteiger partial charge in [0.2, 0.25) is 0 Å². The van der Waals surface area contributed by atoms with Gasteiger partial charge in [-0.3, -0.25) is 14.1 Å². The molecule has 0 N–H and O–H groups in total. The molecule has 122 valence electrons. The molecule has 3 heterocycles. The van der Waals surface area contributed by atoms with Crippen LogP contribution in [0.4, 0.5) is 0 Å². The molecule has 0 spiro atoms. The van der Waals surface area contributed by atoms with Crippen molar-refractivity contribution >= 4 is 5.65 Å². The summed E-state index contributed by atoms with van der Waals surface area (Å²) in [6.07, 6.45) is 9.98. The Bertz CT molecular complexity index is 765. The highest BCUT2D eigenvalue weighted by molar-refractivity contribution is 5.39. The smallest absolute Gasteiger partial charge is 0.258 e. The summed E-state index contributed by atoms with van der Waals surface area (Å²) < 4.78 is 1.65. The molecule has 0 radical (unpaired) electrons. The monoisotopic (exact) mass is 311 g/mol. The van der Waals surface area contributed by atoms with E-state index in [1.165, 1.54) is 38.5 Å². The summed E-state index contributed by atoms with van der Waals surface area (Å²) in [5.41, 5.74) is 2.79. The highest BCUT2D eigenvalue weighted by atomic mass is 16.1. The minimum absolute atomic E-state index is 0.0332. The van der Waals surface area contributed by atoms with Crippen LogP contribution in [0.2, 0.25) is 0 Å². The molecule has 2 atom stereocenters. The first kappa shape index (κ1) is 14.9. The normalized spacial score (nSPS) is 25.4. The van der Waals surface area contributed by atoms with Crippen molar-refractivity contribution in [1.82, 2.24) is 14.3 Å². The van der Waals surface area contributed by atoms with Crippen molar-refractivity contribution in [1.29, 1.82) is 0 Å². The molecular formula is C19H25N3O. The SMILES string of the molecule is Cc1ccc2nc(CN3CCC[C@H]4CCCC[C@H]43)cc(=O)n2c1. The first-order valence-electron chi connectivity index (χ1n) is 8.94. The molecule has 0 aromatic carbocycles. The summed E-state index contributed by atoms with van der Waals surface area (Å²) in [7, 11) is 0. The average Bonchev–Trinajstić information content (AvgIpc) is 2.56. The van der Waals surface area contributed by atoms with Gasteiger partial charge in [-0.1, -0.05) is 18.9 Å². The van der Waals surface area contributed by atoms with E-state index in [0.717, 1.165) is 35.9 Å². The van der Waals surface area contributed by atoms with Gasteiger partial charge in [0.15, 0.2) is 0 Å². The summed E-state index contributed by atoms with van der Waals surface area (Å²) in [6, 6.07) is 6.39. The maximum absolute atomic E-state index is 12.4. The Hall–Kier alpha value is -1.68. The van der Waals surface area contributed by atoms with Gasteiger partial charge in [0.25, 0.3) is 5.56 Å². The second-order valence-corrected chi connectivity index (χ2v) is 7.24. The van der Waals surface area contributed by atoms with Crippen LogP contribution in [-0.4, -0.2) is 26.9 Å². The molecule has 2 fully saturated rings. The third-order valence-electron chi connectivity index (χ3n) is 5.58. The molecule has 1 aliphatic carbocycles. The molecule has 2 aliphatic rings. The van der Waals surface area contributed by atoms with Crippen LogP contribution in [0.1, 0.15) is 49.8 Å². The van der Waals surface area contributed by atoms with E-state index >= 15 is 0 Å². The van der Waals surface area contributed by atoms with Gasteiger partial charge in [0.05, 0.1) is 5.69 Å². The standard InChI is InChI=1S/C19H25N3O/c1-14-8-9-18-20-16(11-19(23)22(18)12-14)13-21-10-4-6-15-5-2-3-7-17(15)21/h8-9,11-12,15,17H,2-7,10,13H2,1H3/t15-,17-/m1/s1. The Kier molecular flexibility index (Phi) is 3.93. The first-order chi connectivity index (χ1) is 11.2. The lowest BCUT2D eigenvalue weighted by Crippen LogP contribution is -2.46. The molecular weight excluding hydrogens is 286 g/mol. The number of hydrogen-bond acceptors (Lipinski definition) is 3. The average molecular weight is 311 g/mol. The van der Waals surface area contributed by atoms with Gasteiger partial charge in [0.1, 0.15) is 5.65 Å². The number of likely N-dealkylation sites (tertiary alicyclic amines) is 1. The predicted octanol–water partition coefficient (Wildman–Crippen LogP) is 3.16. The van der Waals surface area contributed by atoms with Crippen molar-refractivity contribution < 1.29 is 0 Å². The Morgan fingerprint density at radius 3 is 2.91 bits per heavy atom. The van der Waals surface area contributed by atoms with Crippen molar-refractivity contribution in [3.05, 3.63) is 46.0 Å². The van der Waals surface area contributed by atoms with Crippen LogP contribution in [0, 0.1) is 12.8 Å². The number of aryl methyl sites for hydroxylation is 1. The fourth-order valence-corrected chi connectivity index (χ4v) is 4.47. The second kappa shape index (κ2) is 6.08. The number of hydrogen-bond donors (Lipinski definition) is 0. The zero-order valence-electron chi connectivity index (χ0n) is 13.9. The van der Waals surface area contributed by atoms with E-state index in [4.69, 9.17) is 4.98 Å². The van der Waals surface area contributed by atoms with Gasteiger partial charge in [-0.25, -0.2) is 4.98 Å². The van der Waals surface area contributed by atoms with Crippen molar-refractivity contribution in [3.63, 3.8) is 0 Å². The highest BCUT2D eigenvalue weighted by Crippen LogP contribution is 2.35. The largest absolute Gasteiger partial charge is 0.294 e. The molecule has 4 nitrogen and oxygen atoms in total. The lowest BCUT2D eigenvalue weighted by atomic mass is 9.78. The Balaban J connectivity index is 1.62. The lowest BCUT2D eigenvalue weighted by molar-refractivity contribution is 0.0537. The number of nitrogens with zero attached hydrogens (tertiary/aromatic N) is 3. The van der Waals surface area contributed by atoms with Crippen LogP contribution in [0.25, 0.3) is 5.65 Å². The third-order valence-corrected chi connectivity index (χ3v) is 5.58. The topological polar surface area (TPSA) is 37.6 Å². The van der Waals surface area contributed by atoms with E-state index < -0.39 is 0 Å². The van der Waals surface area contributed by atoms with E-state index in [0.29, 0.717) is 6.04 Å². The molecule has 2 aromatic heterocycles. The van der Waals surface area contributed by atoms with Gasteiger partial charge in [-0.15, -0.1) is 0 Å². The van der Waals surface area contributed by atoms with Crippen LogP contribution in [-0.2, 0) is 6.54 Å². The Morgan fingerprint density at radius 2 is 2.00 bits per heavy atom. The molecule has 23 heavy (non-hydrogen) atoms. The first-order valence-corrected chi connectivity index (χ1v) is 8.94. The number of fused-ring (bicyclic) bond motifs is 2. The fourth-order valence-electron chi connectivity index (χ4n) is 4.47. The van der Waals surface area contributed by atoms with Crippen LogP contribution in [0.15, 0.2) is 29.2 Å². The van der Waals surface area contributed by atoms with Crippen LogP contribution >= 0.6 is 0 Å².